The molecule has 1 atom stereocenters. The molecule has 0 fully saturated rings. The van der Waals surface area contributed by atoms with Crippen LogP contribution in [0.5, 0.6) is 5.88 Å². The standard InChI is InChI=1S/C13H14ClN3O/c1-18-13-12(16-6-7-17-13)11(15)8-9-4-2-3-5-10(9)14/h2-7,11H,8,15H2,1H3. The van der Waals surface area contributed by atoms with Gasteiger partial charge in [0.15, 0.2) is 0 Å². The highest BCUT2D eigenvalue weighted by molar-refractivity contribution is 6.31. The molecule has 0 spiro atoms. The van der Waals surface area contributed by atoms with Crippen molar-refractivity contribution in [2.45, 2.75) is 12.5 Å². The van der Waals surface area contributed by atoms with E-state index in [0.29, 0.717) is 23.0 Å². The highest BCUT2D eigenvalue weighted by atomic mass is 35.5. The first-order valence-corrected chi connectivity index (χ1v) is 5.94. The molecule has 0 radical (unpaired) electrons. The number of aromatic nitrogens is 2. The van der Waals surface area contributed by atoms with E-state index >= 15 is 0 Å². The van der Waals surface area contributed by atoms with Gasteiger partial charge in [0, 0.05) is 17.4 Å². The topological polar surface area (TPSA) is 61.0 Å². The summed E-state index contributed by atoms with van der Waals surface area (Å²) in [7, 11) is 1.55. The molecule has 5 heteroatoms. The molecule has 94 valence electrons. The van der Waals surface area contributed by atoms with Gasteiger partial charge in [-0.3, -0.25) is 4.98 Å². The Bertz CT molecular complexity index is 533. The van der Waals surface area contributed by atoms with Crippen LogP contribution in [0.2, 0.25) is 5.02 Å². The van der Waals surface area contributed by atoms with Crippen molar-refractivity contribution in [3.05, 3.63) is 52.9 Å². The molecule has 0 amide bonds. The van der Waals surface area contributed by atoms with Crippen molar-refractivity contribution < 1.29 is 4.74 Å². The summed E-state index contributed by atoms with van der Waals surface area (Å²) >= 11 is 6.11. The molecule has 2 aromatic rings. The second kappa shape index (κ2) is 5.80. The van der Waals surface area contributed by atoms with Gasteiger partial charge >= 0.3 is 0 Å². The summed E-state index contributed by atoms with van der Waals surface area (Å²) in [6.45, 7) is 0. The summed E-state index contributed by atoms with van der Waals surface area (Å²) < 4.78 is 5.15. The maximum atomic E-state index is 6.13. The third-order valence-corrected chi connectivity index (χ3v) is 3.00. The summed E-state index contributed by atoms with van der Waals surface area (Å²) in [5.41, 5.74) is 7.76. The van der Waals surface area contributed by atoms with Gasteiger partial charge in [-0.15, -0.1) is 0 Å². The Balaban J connectivity index is 2.22. The fourth-order valence-electron chi connectivity index (χ4n) is 1.75. The molecule has 0 aliphatic carbocycles. The quantitative estimate of drug-likeness (QED) is 0.920. The van der Waals surface area contributed by atoms with E-state index in [1.165, 1.54) is 0 Å². The second-order valence-corrected chi connectivity index (χ2v) is 4.26. The van der Waals surface area contributed by atoms with Gasteiger partial charge in [-0.1, -0.05) is 29.8 Å². The Morgan fingerprint density at radius 2 is 2.00 bits per heavy atom. The molecule has 0 bridgehead atoms. The van der Waals surface area contributed by atoms with Gasteiger partial charge in [-0.2, -0.15) is 0 Å². The maximum absolute atomic E-state index is 6.13. The van der Waals surface area contributed by atoms with Crippen LogP contribution in [0.3, 0.4) is 0 Å². The van der Waals surface area contributed by atoms with Gasteiger partial charge in [-0.05, 0) is 18.1 Å². The Labute approximate surface area is 111 Å². The lowest BCUT2D eigenvalue weighted by atomic mass is 10.0. The van der Waals surface area contributed by atoms with Crippen molar-refractivity contribution in [3.8, 4) is 5.88 Å². The third kappa shape index (κ3) is 2.78. The zero-order valence-corrected chi connectivity index (χ0v) is 10.8. The van der Waals surface area contributed by atoms with E-state index in [4.69, 9.17) is 22.1 Å². The van der Waals surface area contributed by atoms with Crippen LogP contribution in [0.1, 0.15) is 17.3 Å². The summed E-state index contributed by atoms with van der Waals surface area (Å²) in [4.78, 5) is 8.30. The lowest BCUT2D eigenvalue weighted by Gasteiger charge is -2.14. The van der Waals surface area contributed by atoms with Crippen LogP contribution in [-0.2, 0) is 6.42 Å². The molecular weight excluding hydrogens is 250 g/mol. The number of nitrogens with zero attached hydrogens (tertiary/aromatic N) is 2. The second-order valence-electron chi connectivity index (χ2n) is 3.85. The maximum Gasteiger partial charge on any atom is 0.236 e. The molecular formula is C13H14ClN3O. The molecule has 1 unspecified atom stereocenters. The van der Waals surface area contributed by atoms with Crippen LogP contribution in [0.4, 0.5) is 0 Å². The summed E-state index contributed by atoms with van der Waals surface area (Å²) in [6.07, 6.45) is 3.77. The van der Waals surface area contributed by atoms with Crippen molar-refractivity contribution in [3.63, 3.8) is 0 Å². The summed E-state index contributed by atoms with van der Waals surface area (Å²) in [6, 6.07) is 7.32. The average molecular weight is 264 g/mol. The van der Waals surface area contributed by atoms with Gasteiger partial charge in [0.2, 0.25) is 5.88 Å². The Hall–Kier alpha value is -1.65. The number of halogens is 1. The van der Waals surface area contributed by atoms with Crippen LogP contribution < -0.4 is 10.5 Å². The molecule has 18 heavy (non-hydrogen) atoms. The molecule has 1 heterocycles. The lowest BCUT2D eigenvalue weighted by molar-refractivity contribution is 0.384. The van der Waals surface area contributed by atoms with Crippen molar-refractivity contribution in [2.75, 3.05) is 7.11 Å². The first kappa shape index (κ1) is 12.8. The number of hydrogen-bond acceptors (Lipinski definition) is 4. The highest BCUT2D eigenvalue weighted by Gasteiger charge is 2.16. The molecule has 0 aliphatic heterocycles. The number of nitrogens with two attached hydrogens (primary N) is 1. The normalized spacial score (nSPS) is 12.2. The monoisotopic (exact) mass is 263 g/mol. The fourth-order valence-corrected chi connectivity index (χ4v) is 1.96. The van der Waals surface area contributed by atoms with Crippen LogP contribution in [-0.4, -0.2) is 17.1 Å². The SMILES string of the molecule is COc1nccnc1C(N)Cc1ccccc1Cl. The van der Waals surface area contributed by atoms with E-state index in [9.17, 15) is 0 Å². The van der Waals surface area contributed by atoms with E-state index in [2.05, 4.69) is 9.97 Å². The molecule has 0 saturated heterocycles. The van der Waals surface area contributed by atoms with E-state index in [1.807, 2.05) is 24.3 Å². The van der Waals surface area contributed by atoms with Crippen molar-refractivity contribution in [2.24, 2.45) is 5.73 Å². The number of hydrogen-bond donors (Lipinski definition) is 1. The van der Waals surface area contributed by atoms with Crippen LogP contribution in [0.25, 0.3) is 0 Å². The van der Waals surface area contributed by atoms with Gasteiger partial charge in [-0.25, -0.2) is 4.98 Å². The number of benzene rings is 1. The van der Waals surface area contributed by atoms with Gasteiger partial charge in [0.05, 0.1) is 13.2 Å². The lowest BCUT2D eigenvalue weighted by Crippen LogP contribution is -2.16. The zero-order chi connectivity index (χ0) is 13.0. The fraction of sp³-hybridized carbons (Fsp3) is 0.231. The molecule has 0 saturated carbocycles. The predicted octanol–water partition coefficient (Wildman–Crippen LogP) is 2.38. The Morgan fingerprint density at radius 3 is 2.72 bits per heavy atom. The number of ether oxygens (including phenoxy) is 1. The van der Waals surface area contributed by atoms with E-state index in [0.717, 1.165) is 5.56 Å². The Kier molecular flexibility index (Phi) is 4.12. The first-order valence-electron chi connectivity index (χ1n) is 5.56. The molecule has 1 aromatic carbocycles. The number of rotatable bonds is 4. The van der Waals surface area contributed by atoms with Crippen LogP contribution in [0.15, 0.2) is 36.7 Å². The molecule has 1 aromatic heterocycles. The van der Waals surface area contributed by atoms with Crippen molar-refractivity contribution in [1.82, 2.24) is 9.97 Å². The molecule has 2 rings (SSSR count). The molecule has 2 N–H and O–H groups in total. The smallest absolute Gasteiger partial charge is 0.236 e. The average Bonchev–Trinajstić information content (AvgIpc) is 2.41. The summed E-state index contributed by atoms with van der Waals surface area (Å²) in [5.74, 6) is 0.456. The van der Waals surface area contributed by atoms with Crippen molar-refractivity contribution in [1.29, 1.82) is 0 Å². The van der Waals surface area contributed by atoms with Gasteiger partial charge in [0.1, 0.15) is 5.69 Å². The third-order valence-electron chi connectivity index (χ3n) is 2.63. The molecule has 4 nitrogen and oxygen atoms in total. The van der Waals surface area contributed by atoms with Gasteiger partial charge < -0.3 is 10.5 Å². The van der Waals surface area contributed by atoms with E-state index in [-0.39, 0.29) is 6.04 Å². The minimum Gasteiger partial charge on any atom is -0.480 e. The highest BCUT2D eigenvalue weighted by Crippen LogP contribution is 2.24. The summed E-state index contributed by atoms with van der Waals surface area (Å²) in [5, 5.41) is 0.704. The van der Waals surface area contributed by atoms with E-state index < -0.39 is 0 Å². The van der Waals surface area contributed by atoms with Crippen molar-refractivity contribution >= 4 is 11.6 Å². The largest absolute Gasteiger partial charge is 0.480 e. The first-order chi connectivity index (χ1) is 8.72. The number of methoxy groups -OCH3 is 1. The molecule has 0 aliphatic rings. The van der Waals surface area contributed by atoms with Crippen LogP contribution in [0, 0.1) is 0 Å². The van der Waals surface area contributed by atoms with Crippen LogP contribution >= 0.6 is 11.6 Å². The minimum atomic E-state index is -0.298. The Morgan fingerprint density at radius 1 is 1.28 bits per heavy atom. The minimum absolute atomic E-state index is 0.298. The van der Waals surface area contributed by atoms with Gasteiger partial charge in [0.25, 0.3) is 0 Å². The van der Waals surface area contributed by atoms with E-state index in [1.54, 1.807) is 19.5 Å². The zero-order valence-electron chi connectivity index (χ0n) is 10.0. The predicted molar refractivity (Wildman–Crippen MR) is 70.7 cm³/mol.